The number of carbonyl (C=O) groups is 1. The quantitative estimate of drug-likeness (QED) is 0.840. The van der Waals surface area contributed by atoms with E-state index in [1.807, 2.05) is 39.2 Å². The molecule has 122 valence electrons. The molecule has 1 heterocycles. The third-order valence-electron chi connectivity index (χ3n) is 3.64. The molecule has 0 bridgehead atoms. The van der Waals surface area contributed by atoms with Crippen molar-refractivity contribution in [1.82, 2.24) is 4.90 Å². The van der Waals surface area contributed by atoms with Gasteiger partial charge in [0.1, 0.15) is 12.4 Å². The van der Waals surface area contributed by atoms with Gasteiger partial charge in [-0.2, -0.15) is 0 Å². The molecular weight excluding hydrogens is 280 g/mol. The van der Waals surface area contributed by atoms with Gasteiger partial charge in [-0.05, 0) is 51.6 Å². The molecule has 0 aliphatic carbocycles. The summed E-state index contributed by atoms with van der Waals surface area (Å²) in [6, 6.07) is 5.82. The summed E-state index contributed by atoms with van der Waals surface area (Å²) in [5, 5.41) is 2.95. The lowest BCUT2D eigenvalue weighted by Crippen LogP contribution is -2.21. The number of rotatable bonds is 7. The molecule has 1 N–H and O–H groups in total. The summed E-state index contributed by atoms with van der Waals surface area (Å²) in [5.41, 5.74) is 1.84. The van der Waals surface area contributed by atoms with Crippen molar-refractivity contribution in [2.45, 2.75) is 32.3 Å². The van der Waals surface area contributed by atoms with Crippen molar-refractivity contribution >= 4 is 11.6 Å². The summed E-state index contributed by atoms with van der Waals surface area (Å²) in [6.07, 6.45) is 2.48. The van der Waals surface area contributed by atoms with E-state index in [0.29, 0.717) is 13.0 Å². The number of likely N-dealkylation sites (N-methyl/N-ethyl adjacent to an activating group) is 1. The molecule has 1 aromatic carbocycles. The molecule has 1 aliphatic rings. The number of benzene rings is 1. The van der Waals surface area contributed by atoms with Gasteiger partial charge < -0.3 is 19.7 Å². The summed E-state index contributed by atoms with van der Waals surface area (Å²) in [7, 11) is 4.01. The maximum absolute atomic E-state index is 12.1. The third-order valence-corrected chi connectivity index (χ3v) is 3.64. The largest absolute Gasteiger partial charge is 0.490 e. The SMILES string of the molecule is Cc1ccc(NC(=O)C[C@H]2CCCO2)c(OCCN(C)C)c1. The Morgan fingerprint density at radius 1 is 1.45 bits per heavy atom. The fourth-order valence-corrected chi connectivity index (χ4v) is 2.40. The standard InChI is InChI=1S/C17H26N2O3/c1-13-6-7-15(16(11-13)22-10-8-19(2)3)18-17(20)12-14-5-4-9-21-14/h6-7,11,14H,4-5,8-10,12H2,1-3H3,(H,18,20)/t14-/m1/s1. The van der Waals surface area contributed by atoms with E-state index in [4.69, 9.17) is 9.47 Å². The second-order valence-electron chi connectivity index (χ2n) is 6.04. The van der Waals surface area contributed by atoms with Crippen molar-refractivity contribution in [3.63, 3.8) is 0 Å². The van der Waals surface area contributed by atoms with Crippen LogP contribution in [0.15, 0.2) is 18.2 Å². The van der Waals surface area contributed by atoms with Crippen LogP contribution in [0.1, 0.15) is 24.8 Å². The highest BCUT2D eigenvalue weighted by Crippen LogP contribution is 2.26. The summed E-state index contributed by atoms with van der Waals surface area (Å²) < 4.78 is 11.3. The molecule has 5 heteroatoms. The van der Waals surface area contributed by atoms with E-state index in [-0.39, 0.29) is 12.0 Å². The van der Waals surface area contributed by atoms with E-state index in [2.05, 4.69) is 10.2 Å². The van der Waals surface area contributed by atoms with Crippen LogP contribution in [0.25, 0.3) is 0 Å². The van der Waals surface area contributed by atoms with Crippen LogP contribution in [0.3, 0.4) is 0 Å². The van der Waals surface area contributed by atoms with Crippen LogP contribution in [-0.4, -0.2) is 50.8 Å². The first kappa shape index (κ1) is 16.8. The Morgan fingerprint density at radius 3 is 2.95 bits per heavy atom. The number of amides is 1. The van der Waals surface area contributed by atoms with Crippen LogP contribution < -0.4 is 10.1 Å². The lowest BCUT2D eigenvalue weighted by Gasteiger charge is -2.16. The first-order valence-electron chi connectivity index (χ1n) is 7.84. The molecule has 1 fully saturated rings. The minimum atomic E-state index is -0.0202. The Labute approximate surface area is 132 Å². The second kappa shape index (κ2) is 8.15. The molecule has 0 unspecified atom stereocenters. The Morgan fingerprint density at radius 2 is 2.27 bits per heavy atom. The summed E-state index contributed by atoms with van der Waals surface area (Å²) in [4.78, 5) is 14.2. The van der Waals surface area contributed by atoms with Crippen LogP contribution >= 0.6 is 0 Å². The van der Waals surface area contributed by atoms with Crippen molar-refractivity contribution in [1.29, 1.82) is 0 Å². The monoisotopic (exact) mass is 306 g/mol. The zero-order valence-electron chi connectivity index (χ0n) is 13.7. The lowest BCUT2D eigenvalue weighted by atomic mass is 10.1. The number of carbonyl (C=O) groups excluding carboxylic acids is 1. The normalized spacial score (nSPS) is 17.7. The number of hydrogen-bond acceptors (Lipinski definition) is 4. The topological polar surface area (TPSA) is 50.8 Å². The smallest absolute Gasteiger partial charge is 0.227 e. The predicted molar refractivity (Wildman–Crippen MR) is 87.4 cm³/mol. The molecule has 1 aliphatic heterocycles. The maximum atomic E-state index is 12.1. The van der Waals surface area contributed by atoms with Gasteiger partial charge in [-0.1, -0.05) is 6.07 Å². The summed E-state index contributed by atoms with van der Waals surface area (Å²) in [6.45, 7) is 4.19. The number of ether oxygens (including phenoxy) is 2. The van der Waals surface area contributed by atoms with Crippen molar-refractivity contribution in [2.24, 2.45) is 0 Å². The highest BCUT2D eigenvalue weighted by molar-refractivity contribution is 5.92. The molecule has 1 saturated heterocycles. The van der Waals surface area contributed by atoms with Crippen LogP contribution in [0.4, 0.5) is 5.69 Å². The van der Waals surface area contributed by atoms with Crippen LogP contribution in [0.5, 0.6) is 5.75 Å². The molecule has 5 nitrogen and oxygen atoms in total. The van der Waals surface area contributed by atoms with E-state index in [1.54, 1.807) is 0 Å². The molecule has 0 radical (unpaired) electrons. The third kappa shape index (κ3) is 5.31. The zero-order valence-corrected chi connectivity index (χ0v) is 13.7. The van der Waals surface area contributed by atoms with E-state index in [9.17, 15) is 4.79 Å². The van der Waals surface area contributed by atoms with E-state index >= 15 is 0 Å². The Balaban J connectivity index is 1.94. The highest BCUT2D eigenvalue weighted by atomic mass is 16.5. The van der Waals surface area contributed by atoms with Crippen LogP contribution in [0, 0.1) is 6.92 Å². The van der Waals surface area contributed by atoms with Gasteiger partial charge >= 0.3 is 0 Å². The number of aryl methyl sites for hydroxylation is 1. The van der Waals surface area contributed by atoms with Gasteiger partial charge in [0.05, 0.1) is 18.2 Å². The fourth-order valence-electron chi connectivity index (χ4n) is 2.40. The van der Waals surface area contributed by atoms with Gasteiger partial charge in [0.25, 0.3) is 0 Å². The van der Waals surface area contributed by atoms with Gasteiger partial charge in [-0.25, -0.2) is 0 Å². The minimum absolute atomic E-state index is 0.0202. The molecule has 1 amide bonds. The number of anilines is 1. The van der Waals surface area contributed by atoms with Gasteiger partial charge in [-0.3, -0.25) is 4.79 Å². The predicted octanol–water partition coefficient (Wildman–Crippen LogP) is 2.44. The van der Waals surface area contributed by atoms with E-state index in [1.165, 1.54) is 0 Å². The Hall–Kier alpha value is -1.59. The highest BCUT2D eigenvalue weighted by Gasteiger charge is 2.19. The maximum Gasteiger partial charge on any atom is 0.227 e. The zero-order chi connectivity index (χ0) is 15.9. The summed E-state index contributed by atoms with van der Waals surface area (Å²) >= 11 is 0. The lowest BCUT2D eigenvalue weighted by molar-refractivity contribution is -0.118. The number of nitrogens with zero attached hydrogens (tertiary/aromatic N) is 1. The number of hydrogen-bond donors (Lipinski definition) is 1. The molecule has 22 heavy (non-hydrogen) atoms. The molecule has 2 rings (SSSR count). The van der Waals surface area contributed by atoms with Crippen LogP contribution in [-0.2, 0) is 9.53 Å². The minimum Gasteiger partial charge on any atom is -0.490 e. The molecule has 1 atom stereocenters. The average molecular weight is 306 g/mol. The summed E-state index contributed by atoms with van der Waals surface area (Å²) in [5.74, 6) is 0.704. The molecule has 1 aromatic rings. The van der Waals surface area contributed by atoms with Gasteiger partial charge in [0.2, 0.25) is 5.91 Å². The van der Waals surface area contributed by atoms with Crippen LogP contribution in [0.2, 0.25) is 0 Å². The van der Waals surface area contributed by atoms with Crippen molar-refractivity contribution in [2.75, 3.05) is 39.2 Å². The first-order chi connectivity index (χ1) is 10.5. The van der Waals surface area contributed by atoms with Crippen molar-refractivity contribution in [3.05, 3.63) is 23.8 Å². The van der Waals surface area contributed by atoms with Crippen molar-refractivity contribution < 1.29 is 14.3 Å². The first-order valence-corrected chi connectivity index (χ1v) is 7.84. The fraction of sp³-hybridized carbons (Fsp3) is 0.588. The van der Waals surface area contributed by atoms with E-state index < -0.39 is 0 Å². The Bertz CT molecular complexity index is 497. The molecular formula is C17H26N2O3. The molecule has 0 spiro atoms. The Kier molecular flexibility index (Phi) is 6.21. The van der Waals surface area contributed by atoms with Gasteiger partial charge in [0.15, 0.2) is 0 Å². The van der Waals surface area contributed by atoms with Gasteiger partial charge in [0, 0.05) is 13.2 Å². The van der Waals surface area contributed by atoms with Crippen molar-refractivity contribution in [3.8, 4) is 5.75 Å². The molecule has 0 saturated carbocycles. The second-order valence-corrected chi connectivity index (χ2v) is 6.04. The number of nitrogens with one attached hydrogen (secondary N) is 1. The molecule has 0 aromatic heterocycles. The van der Waals surface area contributed by atoms with Gasteiger partial charge in [-0.15, -0.1) is 0 Å². The van der Waals surface area contributed by atoms with E-state index in [0.717, 1.165) is 43.0 Å². The average Bonchev–Trinajstić information content (AvgIpc) is 2.94.